The van der Waals surface area contributed by atoms with Crippen LogP contribution in [0.4, 0.5) is 0 Å². The number of carbonyl (C=O) groups is 1. The monoisotopic (exact) mass is 310 g/mol. The Morgan fingerprint density at radius 1 is 1.17 bits per heavy atom. The quantitative estimate of drug-likeness (QED) is 0.659. The number of hydrogen-bond donors (Lipinski definition) is 0. The summed E-state index contributed by atoms with van der Waals surface area (Å²) in [7, 11) is 0. The van der Waals surface area contributed by atoms with Crippen molar-refractivity contribution in [3.63, 3.8) is 0 Å². The maximum absolute atomic E-state index is 12.5. The summed E-state index contributed by atoms with van der Waals surface area (Å²) in [6, 6.07) is 0. The van der Waals surface area contributed by atoms with Crippen molar-refractivity contribution in [2.24, 2.45) is 34.5 Å². The molecule has 0 radical (unpaired) electrons. The van der Waals surface area contributed by atoms with Crippen LogP contribution >= 0.6 is 0 Å². The minimum Gasteiger partial charge on any atom is -0.299 e. The lowest BCUT2D eigenvalue weighted by Crippen LogP contribution is -2.49. The van der Waals surface area contributed by atoms with E-state index in [0.29, 0.717) is 11.7 Å². The SMILES string of the molecule is CCC(=O)[C@H]1CC[C@H]2[C@@H]3CC=C4C=CC=C[C@]4(C)[C@H]3CC[C@]12C. The molecule has 4 aliphatic rings. The first-order chi connectivity index (χ1) is 11.0. The molecule has 0 unspecified atom stereocenters. The summed E-state index contributed by atoms with van der Waals surface area (Å²) in [6.45, 7) is 6.93. The molecule has 0 saturated heterocycles. The molecule has 6 atom stereocenters. The van der Waals surface area contributed by atoms with E-state index in [-0.39, 0.29) is 10.8 Å². The van der Waals surface area contributed by atoms with Gasteiger partial charge in [0.15, 0.2) is 0 Å². The van der Waals surface area contributed by atoms with Crippen LogP contribution in [0.1, 0.15) is 59.3 Å². The third-order valence-electron chi connectivity index (χ3n) is 8.01. The maximum Gasteiger partial charge on any atom is 0.136 e. The van der Waals surface area contributed by atoms with Crippen LogP contribution in [-0.2, 0) is 4.79 Å². The van der Waals surface area contributed by atoms with E-state index in [1.807, 2.05) is 6.92 Å². The minimum atomic E-state index is 0.228. The Morgan fingerprint density at radius 2 is 2.00 bits per heavy atom. The van der Waals surface area contributed by atoms with Crippen LogP contribution in [0, 0.1) is 34.5 Å². The van der Waals surface area contributed by atoms with Crippen molar-refractivity contribution < 1.29 is 4.79 Å². The summed E-state index contributed by atoms with van der Waals surface area (Å²) in [5.74, 6) is 3.13. The van der Waals surface area contributed by atoms with Crippen molar-refractivity contribution in [1.29, 1.82) is 0 Å². The number of hydrogen-bond acceptors (Lipinski definition) is 1. The van der Waals surface area contributed by atoms with Crippen molar-refractivity contribution in [3.8, 4) is 0 Å². The molecule has 0 spiro atoms. The van der Waals surface area contributed by atoms with E-state index >= 15 is 0 Å². The molecule has 4 aliphatic carbocycles. The molecule has 4 rings (SSSR count). The molecule has 124 valence electrons. The Kier molecular flexibility index (Phi) is 3.48. The number of fused-ring (bicyclic) bond motifs is 5. The number of ketones is 1. The van der Waals surface area contributed by atoms with E-state index in [0.717, 1.165) is 30.6 Å². The summed E-state index contributed by atoms with van der Waals surface area (Å²) < 4.78 is 0. The first kappa shape index (κ1) is 15.4. The van der Waals surface area contributed by atoms with E-state index in [2.05, 4.69) is 44.2 Å². The standard InChI is InChI=1S/C22H30O/c1-4-20(23)19-11-10-17-16-9-8-15-7-5-6-13-21(15,2)18(16)12-14-22(17,19)3/h5-8,13,16-19H,4,9-12,14H2,1-3H3/t16-,17-,18-,19+,21-,22-/m0/s1. The van der Waals surface area contributed by atoms with Gasteiger partial charge in [0.2, 0.25) is 0 Å². The Morgan fingerprint density at radius 3 is 2.78 bits per heavy atom. The van der Waals surface area contributed by atoms with Crippen LogP contribution in [0.15, 0.2) is 36.0 Å². The smallest absolute Gasteiger partial charge is 0.136 e. The highest BCUT2D eigenvalue weighted by Crippen LogP contribution is 2.65. The molecule has 0 aliphatic heterocycles. The lowest BCUT2D eigenvalue weighted by Gasteiger charge is -2.55. The van der Waals surface area contributed by atoms with Gasteiger partial charge in [-0.3, -0.25) is 4.79 Å². The average Bonchev–Trinajstić information content (AvgIpc) is 2.91. The van der Waals surface area contributed by atoms with Crippen molar-refractivity contribution in [1.82, 2.24) is 0 Å². The van der Waals surface area contributed by atoms with Gasteiger partial charge in [0, 0.05) is 17.8 Å². The third kappa shape index (κ3) is 2.01. The molecule has 0 amide bonds. The van der Waals surface area contributed by atoms with E-state index in [1.54, 1.807) is 0 Å². The van der Waals surface area contributed by atoms with Crippen molar-refractivity contribution in [2.75, 3.05) is 0 Å². The number of allylic oxidation sites excluding steroid dienone is 6. The molecule has 0 aromatic carbocycles. The van der Waals surface area contributed by atoms with E-state index in [1.165, 1.54) is 31.3 Å². The number of carbonyl (C=O) groups excluding carboxylic acids is 1. The van der Waals surface area contributed by atoms with Crippen molar-refractivity contribution >= 4 is 5.78 Å². The number of rotatable bonds is 2. The Labute approximate surface area is 140 Å². The van der Waals surface area contributed by atoms with Crippen LogP contribution in [0.3, 0.4) is 0 Å². The zero-order valence-corrected chi connectivity index (χ0v) is 14.8. The fourth-order valence-corrected chi connectivity index (χ4v) is 6.72. The Bertz CT molecular complexity index is 609. The topological polar surface area (TPSA) is 17.1 Å². The highest BCUT2D eigenvalue weighted by molar-refractivity contribution is 5.82. The molecule has 0 aromatic heterocycles. The van der Waals surface area contributed by atoms with Crippen LogP contribution < -0.4 is 0 Å². The second-order valence-electron chi connectivity index (χ2n) is 8.77. The van der Waals surface area contributed by atoms with Gasteiger partial charge in [0.1, 0.15) is 5.78 Å². The van der Waals surface area contributed by atoms with Gasteiger partial charge >= 0.3 is 0 Å². The van der Waals surface area contributed by atoms with Gasteiger partial charge in [-0.25, -0.2) is 0 Å². The molecular weight excluding hydrogens is 280 g/mol. The largest absolute Gasteiger partial charge is 0.299 e. The third-order valence-corrected chi connectivity index (χ3v) is 8.01. The second kappa shape index (κ2) is 5.19. The fourth-order valence-electron chi connectivity index (χ4n) is 6.72. The molecule has 1 heteroatoms. The predicted molar refractivity (Wildman–Crippen MR) is 94.9 cm³/mol. The summed E-state index contributed by atoms with van der Waals surface area (Å²) >= 11 is 0. The fraction of sp³-hybridized carbons (Fsp3) is 0.682. The minimum absolute atomic E-state index is 0.228. The van der Waals surface area contributed by atoms with Gasteiger partial charge in [0.25, 0.3) is 0 Å². The van der Waals surface area contributed by atoms with Crippen molar-refractivity contribution in [2.45, 2.75) is 59.3 Å². The van der Waals surface area contributed by atoms with E-state index < -0.39 is 0 Å². The summed E-state index contributed by atoms with van der Waals surface area (Å²) in [5.41, 5.74) is 2.03. The van der Waals surface area contributed by atoms with Crippen LogP contribution in [0.2, 0.25) is 0 Å². The first-order valence-corrected chi connectivity index (χ1v) is 9.60. The molecule has 2 saturated carbocycles. The number of Topliss-reactive ketones (excluding diaryl/α,β-unsaturated/α-hetero) is 1. The molecule has 0 bridgehead atoms. The Hall–Kier alpha value is -1.11. The predicted octanol–water partition coefficient (Wildman–Crippen LogP) is 5.49. The molecule has 1 nitrogen and oxygen atoms in total. The highest BCUT2D eigenvalue weighted by atomic mass is 16.1. The second-order valence-corrected chi connectivity index (χ2v) is 8.77. The van der Waals surface area contributed by atoms with Crippen molar-refractivity contribution in [3.05, 3.63) is 36.0 Å². The molecule has 0 aromatic rings. The summed E-state index contributed by atoms with van der Waals surface area (Å²) in [4.78, 5) is 12.5. The molecule has 0 N–H and O–H groups in total. The zero-order chi connectivity index (χ0) is 16.2. The summed E-state index contributed by atoms with van der Waals surface area (Å²) in [6.07, 6.45) is 18.6. The van der Waals surface area contributed by atoms with E-state index in [4.69, 9.17) is 0 Å². The van der Waals surface area contributed by atoms with E-state index in [9.17, 15) is 4.79 Å². The molecule has 2 fully saturated rings. The van der Waals surface area contributed by atoms with Gasteiger partial charge in [-0.05, 0) is 60.8 Å². The summed E-state index contributed by atoms with van der Waals surface area (Å²) in [5, 5.41) is 0. The van der Waals surface area contributed by atoms with Gasteiger partial charge < -0.3 is 0 Å². The lowest BCUT2D eigenvalue weighted by molar-refractivity contribution is -0.128. The van der Waals surface area contributed by atoms with Gasteiger partial charge in [-0.2, -0.15) is 0 Å². The molecule has 23 heavy (non-hydrogen) atoms. The normalized spacial score (nSPS) is 47.5. The highest BCUT2D eigenvalue weighted by Gasteiger charge is 2.58. The molecular formula is C22H30O. The molecule has 0 heterocycles. The lowest BCUT2D eigenvalue weighted by atomic mass is 9.49. The first-order valence-electron chi connectivity index (χ1n) is 9.60. The van der Waals surface area contributed by atoms with Gasteiger partial charge in [0.05, 0.1) is 0 Å². The average molecular weight is 310 g/mol. The van der Waals surface area contributed by atoms with Crippen LogP contribution in [0.5, 0.6) is 0 Å². The van der Waals surface area contributed by atoms with Crippen LogP contribution in [-0.4, -0.2) is 5.78 Å². The van der Waals surface area contributed by atoms with Gasteiger partial charge in [-0.15, -0.1) is 0 Å². The zero-order valence-electron chi connectivity index (χ0n) is 14.8. The van der Waals surface area contributed by atoms with Gasteiger partial charge in [-0.1, -0.05) is 51.2 Å². The Balaban J connectivity index is 1.68. The maximum atomic E-state index is 12.5. The van der Waals surface area contributed by atoms with Crippen LogP contribution in [0.25, 0.3) is 0 Å².